The molecule has 18 heavy (non-hydrogen) atoms. The van der Waals surface area contributed by atoms with Crippen LogP contribution >= 0.6 is 0 Å². The second-order valence-electron chi connectivity index (χ2n) is 6.11. The third-order valence-electron chi connectivity index (χ3n) is 4.18. The lowest BCUT2D eigenvalue weighted by Crippen LogP contribution is -2.51. The van der Waals surface area contributed by atoms with Crippen LogP contribution in [0.2, 0.25) is 0 Å². The van der Waals surface area contributed by atoms with E-state index >= 15 is 0 Å². The minimum absolute atomic E-state index is 0.151. The Bertz CT molecular complexity index is 362. The molecule has 0 aromatic carbocycles. The van der Waals surface area contributed by atoms with E-state index in [9.17, 15) is 19.8 Å². The number of hydrogen-bond donors (Lipinski definition) is 3. The summed E-state index contributed by atoms with van der Waals surface area (Å²) in [5.74, 6) is -1.50. The van der Waals surface area contributed by atoms with Gasteiger partial charge in [0.25, 0.3) is 0 Å². The maximum absolute atomic E-state index is 11.6. The van der Waals surface area contributed by atoms with Crippen LogP contribution in [0.3, 0.4) is 0 Å². The number of aliphatic carboxylic acids is 1. The topological polar surface area (TPSA) is 98.1 Å². The zero-order valence-electron chi connectivity index (χ0n) is 11.2. The molecular formula is C12H21NO5. The number of rotatable bonds is 2. The van der Waals surface area contributed by atoms with Gasteiger partial charge in [0, 0.05) is 6.54 Å². The first-order chi connectivity index (χ1) is 8.03. The first kappa shape index (κ1) is 14.8. The Morgan fingerprint density at radius 2 is 1.83 bits per heavy atom. The third-order valence-corrected chi connectivity index (χ3v) is 4.18. The molecule has 1 saturated heterocycles. The van der Waals surface area contributed by atoms with Crippen molar-refractivity contribution in [2.24, 2.45) is 16.7 Å². The lowest BCUT2D eigenvalue weighted by Gasteiger charge is -2.41. The van der Waals surface area contributed by atoms with Crippen LogP contribution in [0.5, 0.6) is 0 Å². The number of aliphatic hydroxyl groups excluding tert-OH is 1. The van der Waals surface area contributed by atoms with E-state index in [0.717, 1.165) is 4.90 Å². The van der Waals surface area contributed by atoms with Crippen molar-refractivity contribution < 1.29 is 24.9 Å². The normalized spacial score (nSPS) is 30.3. The number of nitrogens with zero attached hydrogens (tertiary/aromatic N) is 1. The van der Waals surface area contributed by atoms with Gasteiger partial charge in [0.15, 0.2) is 0 Å². The molecule has 104 valence electrons. The minimum atomic E-state index is -1.43. The van der Waals surface area contributed by atoms with Gasteiger partial charge in [-0.3, -0.25) is 4.79 Å². The lowest BCUT2D eigenvalue weighted by molar-refractivity contribution is -0.161. The fourth-order valence-corrected chi connectivity index (χ4v) is 2.60. The van der Waals surface area contributed by atoms with Crippen LogP contribution < -0.4 is 0 Å². The first-order valence-corrected chi connectivity index (χ1v) is 5.92. The molecule has 1 fully saturated rings. The summed E-state index contributed by atoms with van der Waals surface area (Å²) >= 11 is 0. The number of hydrogen-bond acceptors (Lipinski definition) is 3. The number of aliphatic hydroxyl groups is 1. The minimum Gasteiger partial charge on any atom is -0.481 e. The van der Waals surface area contributed by atoms with Crippen LogP contribution in [0.25, 0.3) is 0 Å². The first-order valence-electron chi connectivity index (χ1n) is 5.92. The summed E-state index contributed by atoms with van der Waals surface area (Å²) in [6, 6.07) is 0. The van der Waals surface area contributed by atoms with Gasteiger partial charge >= 0.3 is 12.1 Å². The highest BCUT2D eigenvalue weighted by molar-refractivity contribution is 5.79. The predicted molar refractivity (Wildman–Crippen MR) is 64.3 cm³/mol. The number of carboxylic acid groups (broad SMARTS) is 2. The Kier molecular flexibility index (Phi) is 3.63. The van der Waals surface area contributed by atoms with Crippen LogP contribution in [0.15, 0.2) is 0 Å². The van der Waals surface area contributed by atoms with Crippen LogP contribution in [-0.4, -0.2) is 51.5 Å². The van der Waals surface area contributed by atoms with E-state index in [-0.39, 0.29) is 24.4 Å². The molecule has 0 spiro atoms. The number of carbonyl (C=O) groups is 2. The average Bonchev–Trinajstić information content (AvgIpc) is 2.54. The van der Waals surface area contributed by atoms with E-state index in [1.807, 2.05) is 20.8 Å². The Morgan fingerprint density at radius 3 is 2.11 bits per heavy atom. The maximum atomic E-state index is 11.6. The molecule has 3 atom stereocenters. The lowest BCUT2D eigenvalue weighted by atomic mass is 9.63. The van der Waals surface area contributed by atoms with Gasteiger partial charge in [0.05, 0.1) is 12.6 Å². The molecule has 0 aliphatic carbocycles. The van der Waals surface area contributed by atoms with Gasteiger partial charge in [0.2, 0.25) is 0 Å². The molecule has 1 aliphatic heterocycles. The fourth-order valence-electron chi connectivity index (χ4n) is 2.60. The van der Waals surface area contributed by atoms with E-state index in [1.54, 1.807) is 6.92 Å². The van der Waals surface area contributed by atoms with Crippen LogP contribution in [0, 0.1) is 16.7 Å². The van der Waals surface area contributed by atoms with E-state index in [2.05, 4.69) is 0 Å². The summed E-state index contributed by atoms with van der Waals surface area (Å²) in [5.41, 5.74) is -1.77. The summed E-state index contributed by atoms with van der Waals surface area (Å²) in [7, 11) is 0. The molecule has 0 saturated carbocycles. The molecule has 1 heterocycles. The molecule has 1 rings (SSSR count). The molecule has 3 N–H and O–H groups in total. The van der Waals surface area contributed by atoms with Crippen molar-refractivity contribution in [3.8, 4) is 0 Å². The quantitative estimate of drug-likeness (QED) is 0.689. The van der Waals surface area contributed by atoms with Gasteiger partial charge in [-0.05, 0) is 11.3 Å². The van der Waals surface area contributed by atoms with E-state index in [0.29, 0.717) is 0 Å². The van der Waals surface area contributed by atoms with Gasteiger partial charge in [-0.25, -0.2) is 4.79 Å². The Balaban J connectivity index is 3.18. The van der Waals surface area contributed by atoms with Crippen LogP contribution in [-0.2, 0) is 4.79 Å². The van der Waals surface area contributed by atoms with Crippen LogP contribution in [0.1, 0.15) is 27.7 Å². The van der Waals surface area contributed by atoms with Gasteiger partial charge in [-0.1, -0.05) is 27.7 Å². The Hall–Kier alpha value is -1.30. The van der Waals surface area contributed by atoms with Crippen molar-refractivity contribution in [1.82, 2.24) is 4.90 Å². The Morgan fingerprint density at radius 1 is 1.33 bits per heavy atom. The smallest absolute Gasteiger partial charge is 0.407 e. The van der Waals surface area contributed by atoms with Crippen molar-refractivity contribution in [3.05, 3.63) is 0 Å². The van der Waals surface area contributed by atoms with Gasteiger partial charge in [-0.15, -0.1) is 0 Å². The molecule has 1 amide bonds. The van der Waals surface area contributed by atoms with E-state index in [4.69, 9.17) is 5.11 Å². The second-order valence-corrected chi connectivity index (χ2v) is 6.11. The molecule has 0 radical (unpaired) electrons. The monoisotopic (exact) mass is 259 g/mol. The highest BCUT2D eigenvalue weighted by Gasteiger charge is 2.58. The number of carboxylic acids is 1. The molecule has 3 unspecified atom stereocenters. The average molecular weight is 259 g/mol. The molecule has 1 aliphatic rings. The van der Waals surface area contributed by atoms with Gasteiger partial charge < -0.3 is 20.2 Å². The molecule has 6 nitrogen and oxygen atoms in total. The number of likely N-dealkylation sites (tertiary alicyclic amines) is 1. The van der Waals surface area contributed by atoms with Crippen molar-refractivity contribution in [3.63, 3.8) is 0 Å². The molecule has 6 heteroatoms. The molecule has 0 aromatic rings. The molecule has 0 aromatic heterocycles. The summed E-state index contributed by atoms with van der Waals surface area (Å²) in [4.78, 5) is 23.5. The zero-order valence-corrected chi connectivity index (χ0v) is 11.2. The Labute approximate surface area is 106 Å². The molecule has 0 bridgehead atoms. The van der Waals surface area contributed by atoms with E-state index < -0.39 is 23.6 Å². The molecular weight excluding hydrogens is 238 g/mol. The van der Waals surface area contributed by atoms with E-state index in [1.165, 1.54) is 0 Å². The van der Waals surface area contributed by atoms with Crippen molar-refractivity contribution in [2.75, 3.05) is 13.1 Å². The standard InChI is InChI=1S/C12H21NO5/c1-7(11(2,3)4)12(9(15)16)6-13(10(17)18)5-8(12)14/h7-8,14H,5-6H2,1-4H3,(H,15,16)(H,17,18). The fraction of sp³-hybridized carbons (Fsp3) is 0.833. The zero-order chi connectivity index (χ0) is 14.3. The second kappa shape index (κ2) is 4.42. The van der Waals surface area contributed by atoms with Crippen LogP contribution in [0.4, 0.5) is 4.79 Å². The summed E-state index contributed by atoms with van der Waals surface area (Å²) < 4.78 is 0. The SMILES string of the molecule is CC(C(C)(C)C)C1(C(=O)O)CN(C(=O)O)CC1O. The number of amides is 1. The van der Waals surface area contributed by atoms with Crippen molar-refractivity contribution in [2.45, 2.75) is 33.8 Å². The van der Waals surface area contributed by atoms with Gasteiger partial charge in [0.1, 0.15) is 5.41 Å². The predicted octanol–water partition coefficient (Wildman–Crippen LogP) is 1.09. The van der Waals surface area contributed by atoms with Gasteiger partial charge in [-0.2, -0.15) is 0 Å². The summed E-state index contributed by atoms with van der Waals surface area (Å²) in [5, 5.41) is 28.5. The van der Waals surface area contributed by atoms with Crippen molar-refractivity contribution >= 4 is 12.1 Å². The maximum Gasteiger partial charge on any atom is 0.407 e. The third kappa shape index (κ3) is 2.16. The van der Waals surface area contributed by atoms with Crippen molar-refractivity contribution in [1.29, 1.82) is 0 Å². The summed E-state index contributed by atoms with van der Waals surface area (Å²) in [6.07, 6.45) is -2.38. The number of β-amino-alcohol motifs (C(OH)–C–C–N with tert-alkyl or cyclic N) is 1. The highest BCUT2D eigenvalue weighted by Crippen LogP contribution is 2.46. The largest absolute Gasteiger partial charge is 0.481 e. The summed E-state index contributed by atoms with van der Waals surface area (Å²) in [6.45, 7) is 7.09. The highest BCUT2D eigenvalue weighted by atomic mass is 16.4.